The molecule has 0 radical (unpaired) electrons. The Hall–Kier alpha value is -4.21. The van der Waals surface area contributed by atoms with E-state index in [1.165, 1.54) is 6.20 Å². The second-order valence-electron chi connectivity index (χ2n) is 10.9. The fourth-order valence-corrected chi connectivity index (χ4v) is 4.16. The third kappa shape index (κ3) is 7.89. The highest BCUT2D eigenvalue weighted by Gasteiger charge is 2.31. The molecule has 2 aromatic rings. The number of carbonyl (C=O) groups excluding carboxylic acids is 3. The van der Waals surface area contributed by atoms with Crippen molar-refractivity contribution >= 4 is 29.3 Å². The molecule has 1 atom stereocenters. The quantitative estimate of drug-likeness (QED) is 0.365. The summed E-state index contributed by atoms with van der Waals surface area (Å²) < 4.78 is 5.43. The van der Waals surface area contributed by atoms with E-state index in [2.05, 4.69) is 10.3 Å². The van der Waals surface area contributed by atoms with Crippen LogP contribution in [0.5, 0.6) is 0 Å². The minimum atomic E-state index is -0.602. The van der Waals surface area contributed by atoms with Crippen LogP contribution >= 0.6 is 0 Å². The molecule has 2 amide bonds. The lowest BCUT2D eigenvalue weighted by Crippen LogP contribution is -2.45. The van der Waals surface area contributed by atoms with E-state index in [1.807, 2.05) is 46.4 Å². The van der Waals surface area contributed by atoms with Gasteiger partial charge in [0.15, 0.2) is 0 Å². The number of esters is 1. The summed E-state index contributed by atoms with van der Waals surface area (Å²) in [4.78, 5) is 48.1. The number of rotatable bonds is 7. The molecule has 1 aromatic carbocycles. The van der Waals surface area contributed by atoms with Crippen molar-refractivity contribution in [3.8, 4) is 0 Å². The van der Waals surface area contributed by atoms with Crippen LogP contribution in [-0.4, -0.2) is 53.2 Å². The predicted octanol–water partition coefficient (Wildman–Crippen LogP) is 2.97. The molecule has 0 saturated carbocycles. The Kier molecular flexibility index (Phi) is 9.11. The van der Waals surface area contributed by atoms with Gasteiger partial charge in [0.05, 0.1) is 5.56 Å². The largest absolute Gasteiger partial charge is 0.456 e. The van der Waals surface area contributed by atoms with Crippen LogP contribution in [0.3, 0.4) is 0 Å². The molecule has 208 valence electrons. The molecule has 10 heteroatoms. The number of piperidine rings is 1. The SMILES string of the molecule is CC(C)N=C1/C(=C(\N)C(=O)NCc2ccc(C(N)=O)cc2)CN(c2ccc(C(=O)OC(C)(C)C)cn2)C[C@@H]1C. The van der Waals surface area contributed by atoms with Gasteiger partial charge >= 0.3 is 5.97 Å². The maximum Gasteiger partial charge on any atom is 0.340 e. The highest BCUT2D eigenvalue weighted by molar-refractivity contribution is 6.10. The monoisotopic (exact) mass is 534 g/mol. The van der Waals surface area contributed by atoms with Gasteiger partial charge in [-0.3, -0.25) is 14.6 Å². The van der Waals surface area contributed by atoms with Crippen LogP contribution in [0.2, 0.25) is 0 Å². The molecule has 0 aliphatic carbocycles. The number of hydrogen-bond acceptors (Lipinski definition) is 8. The van der Waals surface area contributed by atoms with E-state index in [1.54, 1.807) is 36.4 Å². The number of ether oxygens (including phenoxy) is 1. The number of hydrogen-bond donors (Lipinski definition) is 3. The number of nitrogens with two attached hydrogens (primary N) is 2. The van der Waals surface area contributed by atoms with Crippen molar-refractivity contribution in [1.82, 2.24) is 10.3 Å². The average Bonchev–Trinajstić information content (AvgIpc) is 2.87. The molecule has 0 bridgehead atoms. The number of primary amides is 1. The first-order chi connectivity index (χ1) is 18.2. The Morgan fingerprint density at radius 3 is 2.28 bits per heavy atom. The molecule has 0 spiro atoms. The lowest BCUT2D eigenvalue weighted by Gasteiger charge is -2.36. The number of aromatic nitrogens is 1. The van der Waals surface area contributed by atoms with Crippen molar-refractivity contribution in [3.63, 3.8) is 0 Å². The van der Waals surface area contributed by atoms with E-state index in [9.17, 15) is 14.4 Å². The fraction of sp³-hybridized carbons (Fsp3) is 0.414. The molecule has 1 aromatic heterocycles. The minimum Gasteiger partial charge on any atom is -0.456 e. The smallest absolute Gasteiger partial charge is 0.340 e. The van der Waals surface area contributed by atoms with Crippen molar-refractivity contribution < 1.29 is 19.1 Å². The number of nitrogens with zero attached hydrogens (tertiary/aromatic N) is 3. The molecule has 0 unspecified atom stereocenters. The second kappa shape index (κ2) is 12.1. The highest BCUT2D eigenvalue weighted by atomic mass is 16.6. The zero-order chi connectivity index (χ0) is 28.9. The van der Waals surface area contributed by atoms with Crippen LogP contribution in [0.15, 0.2) is 58.9 Å². The van der Waals surface area contributed by atoms with E-state index < -0.39 is 23.4 Å². The summed E-state index contributed by atoms with van der Waals surface area (Å²) in [5.74, 6) is -0.732. The van der Waals surface area contributed by atoms with Crippen molar-refractivity contribution in [2.45, 2.75) is 59.7 Å². The Labute approximate surface area is 229 Å². The molecule has 39 heavy (non-hydrogen) atoms. The number of pyridine rings is 1. The van der Waals surface area contributed by atoms with E-state index in [0.29, 0.717) is 35.6 Å². The van der Waals surface area contributed by atoms with Gasteiger partial charge in [-0.25, -0.2) is 9.78 Å². The summed E-state index contributed by atoms with van der Waals surface area (Å²) in [5.41, 5.74) is 14.2. The Bertz CT molecular complexity index is 1270. The molecule has 2 heterocycles. The van der Waals surface area contributed by atoms with Crippen LogP contribution in [0.4, 0.5) is 5.82 Å². The number of anilines is 1. The van der Waals surface area contributed by atoms with Crippen LogP contribution in [0.25, 0.3) is 0 Å². The lowest BCUT2D eigenvalue weighted by molar-refractivity contribution is -0.117. The maximum atomic E-state index is 13.1. The number of nitrogens with one attached hydrogen (secondary N) is 1. The summed E-state index contributed by atoms with van der Waals surface area (Å²) >= 11 is 0. The van der Waals surface area contributed by atoms with Gasteiger partial charge in [0.2, 0.25) is 5.91 Å². The second-order valence-corrected chi connectivity index (χ2v) is 10.9. The number of aliphatic imine (C=N–C) groups is 1. The summed E-state index contributed by atoms with van der Waals surface area (Å²) in [5, 5.41) is 2.85. The molecule has 10 nitrogen and oxygen atoms in total. The number of benzene rings is 1. The molecule has 1 saturated heterocycles. The van der Waals surface area contributed by atoms with Gasteiger partial charge in [-0.15, -0.1) is 0 Å². The van der Waals surface area contributed by atoms with Crippen molar-refractivity contribution in [2.75, 3.05) is 18.0 Å². The standard InChI is InChI=1S/C29H38N6O4/c1-17(2)34-25-18(3)15-35(23-12-11-21(14-32-23)28(38)39-29(4,5)6)16-22(25)24(30)27(37)33-13-19-7-9-20(10-8-19)26(31)36/h7-12,14,17-18H,13,15-16,30H2,1-6H3,(H2,31,36)(H,33,37)/b24-22-,34-25?/t18-/m0/s1. The third-order valence-corrected chi connectivity index (χ3v) is 5.98. The predicted molar refractivity (Wildman–Crippen MR) is 151 cm³/mol. The van der Waals surface area contributed by atoms with Gasteiger partial charge in [-0.1, -0.05) is 19.1 Å². The fourth-order valence-electron chi connectivity index (χ4n) is 4.16. The Morgan fingerprint density at radius 1 is 1.10 bits per heavy atom. The van der Waals surface area contributed by atoms with E-state index >= 15 is 0 Å². The summed E-state index contributed by atoms with van der Waals surface area (Å²) in [7, 11) is 0. The van der Waals surface area contributed by atoms with Crippen molar-refractivity contribution in [1.29, 1.82) is 0 Å². The van der Waals surface area contributed by atoms with Crippen molar-refractivity contribution in [2.24, 2.45) is 22.4 Å². The van der Waals surface area contributed by atoms with Crippen LogP contribution in [0.1, 0.15) is 67.8 Å². The molecule has 1 aliphatic heterocycles. The molecule has 5 N–H and O–H groups in total. The maximum absolute atomic E-state index is 13.1. The van der Waals surface area contributed by atoms with Gasteiger partial charge in [0.1, 0.15) is 17.1 Å². The third-order valence-electron chi connectivity index (χ3n) is 5.98. The zero-order valence-corrected chi connectivity index (χ0v) is 23.4. The zero-order valence-electron chi connectivity index (χ0n) is 23.4. The van der Waals surface area contributed by atoms with Crippen LogP contribution in [-0.2, 0) is 16.1 Å². The average molecular weight is 535 g/mol. The number of carbonyl (C=O) groups is 3. The normalized spacial score (nSPS) is 18.2. The van der Waals surface area contributed by atoms with Gasteiger partial charge in [0.25, 0.3) is 5.91 Å². The summed E-state index contributed by atoms with van der Waals surface area (Å²) in [6.07, 6.45) is 1.49. The van der Waals surface area contributed by atoms with Crippen molar-refractivity contribution in [3.05, 3.63) is 70.6 Å². The van der Waals surface area contributed by atoms with Gasteiger partial charge < -0.3 is 26.4 Å². The highest BCUT2D eigenvalue weighted by Crippen LogP contribution is 2.26. The first kappa shape index (κ1) is 29.3. The van der Waals surface area contributed by atoms with E-state index in [4.69, 9.17) is 21.2 Å². The number of amides is 2. The summed E-state index contributed by atoms with van der Waals surface area (Å²) in [6.45, 7) is 12.6. The molecular formula is C29H38N6O4. The topological polar surface area (TPSA) is 153 Å². The first-order valence-electron chi connectivity index (χ1n) is 12.9. The van der Waals surface area contributed by atoms with Gasteiger partial charge in [-0.05, 0) is 64.4 Å². The van der Waals surface area contributed by atoms with Crippen LogP contribution in [0, 0.1) is 5.92 Å². The van der Waals surface area contributed by atoms with E-state index in [-0.39, 0.29) is 24.2 Å². The lowest BCUT2D eigenvalue weighted by atomic mass is 9.90. The molecule has 1 fully saturated rings. The first-order valence-corrected chi connectivity index (χ1v) is 12.9. The molecule has 3 rings (SSSR count). The Balaban J connectivity index is 1.82. The van der Waals surface area contributed by atoms with Gasteiger partial charge in [0, 0.05) is 54.6 Å². The molecular weight excluding hydrogens is 496 g/mol. The van der Waals surface area contributed by atoms with E-state index in [0.717, 1.165) is 11.3 Å². The Morgan fingerprint density at radius 2 is 1.74 bits per heavy atom. The van der Waals surface area contributed by atoms with Gasteiger partial charge in [-0.2, -0.15) is 0 Å². The van der Waals surface area contributed by atoms with Crippen LogP contribution < -0.4 is 21.7 Å². The summed E-state index contributed by atoms with van der Waals surface area (Å²) in [6, 6.07) is 10.2. The minimum absolute atomic E-state index is 0.0174. The molecule has 1 aliphatic rings.